The molecular formula is C19H24N2. The molecule has 0 aromatic heterocycles. The normalized spacial score (nSPS) is 11.7. The molecule has 2 nitrogen and oxygen atoms in total. The summed E-state index contributed by atoms with van der Waals surface area (Å²) in [7, 11) is 0. The number of unbranched alkanes of at least 4 members (excludes halogenated alkanes) is 1. The molecule has 1 atom stereocenters. The van der Waals surface area contributed by atoms with Crippen LogP contribution in [0, 0.1) is 0 Å². The molecule has 0 heterocycles. The van der Waals surface area contributed by atoms with Gasteiger partial charge in [-0.25, -0.2) is 0 Å². The van der Waals surface area contributed by atoms with Crippen molar-refractivity contribution in [2.45, 2.75) is 32.2 Å². The lowest BCUT2D eigenvalue weighted by molar-refractivity contribution is 0.625. The maximum absolute atomic E-state index is 4.02. The highest BCUT2D eigenvalue weighted by molar-refractivity contribution is 5.56. The van der Waals surface area contributed by atoms with Crippen molar-refractivity contribution in [1.29, 1.82) is 0 Å². The van der Waals surface area contributed by atoms with Crippen LogP contribution in [-0.2, 0) is 0 Å². The average molecular weight is 280 g/mol. The van der Waals surface area contributed by atoms with Gasteiger partial charge in [-0.05, 0) is 30.7 Å². The van der Waals surface area contributed by atoms with E-state index in [1.165, 1.54) is 12.8 Å². The fourth-order valence-corrected chi connectivity index (χ4v) is 2.34. The summed E-state index contributed by atoms with van der Waals surface area (Å²) in [5, 5.41) is 2.21. The van der Waals surface area contributed by atoms with Gasteiger partial charge in [0.15, 0.2) is 0 Å². The van der Waals surface area contributed by atoms with Gasteiger partial charge in [0.2, 0.25) is 0 Å². The average Bonchev–Trinajstić information content (AvgIpc) is 2.56. The molecule has 1 unspecified atom stereocenters. The van der Waals surface area contributed by atoms with Crippen LogP contribution in [0.4, 0.5) is 11.4 Å². The monoisotopic (exact) mass is 280 g/mol. The lowest BCUT2D eigenvalue weighted by Gasteiger charge is -2.33. The highest BCUT2D eigenvalue weighted by atomic mass is 15.5. The first-order valence-electron chi connectivity index (χ1n) is 7.63. The van der Waals surface area contributed by atoms with E-state index >= 15 is 0 Å². The smallest absolute Gasteiger partial charge is 0.0681 e. The Morgan fingerprint density at radius 1 is 1.05 bits per heavy atom. The van der Waals surface area contributed by atoms with Crippen LogP contribution in [-0.4, -0.2) is 6.04 Å². The Labute approximate surface area is 128 Å². The fraction of sp³-hybridized carbons (Fsp3) is 0.263. The summed E-state index contributed by atoms with van der Waals surface area (Å²) in [6.07, 6.45) is 5.50. The summed E-state index contributed by atoms with van der Waals surface area (Å²) in [6, 6.07) is 21.0. The van der Waals surface area contributed by atoms with Crippen LogP contribution in [0.5, 0.6) is 0 Å². The summed E-state index contributed by atoms with van der Waals surface area (Å²) in [5.41, 5.74) is 5.76. The molecule has 1 N–H and O–H groups in total. The van der Waals surface area contributed by atoms with Crippen molar-refractivity contribution < 1.29 is 0 Å². The molecule has 0 aliphatic heterocycles. The molecule has 0 saturated heterocycles. The minimum absolute atomic E-state index is 0.271. The zero-order valence-corrected chi connectivity index (χ0v) is 12.7. The summed E-state index contributed by atoms with van der Waals surface area (Å²) < 4.78 is 0. The van der Waals surface area contributed by atoms with Gasteiger partial charge < -0.3 is 0 Å². The van der Waals surface area contributed by atoms with Crippen LogP contribution in [0.25, 0.3) is 0 Å². The highest BCUT2D eigenvalue weighted by Gasteiger charge is 2.15. The largest absolute Gasteiger partial charge is 0.298 e. The second kappa shape index (κ2) is 8.15. The predicted octanol–water partition coefficient (Wildman–Crippen LogP) is 5.26. The molecule has 2 rings (SSSR count). The molecule has 2 aromatic carbocycles. The summed E-state index contributed by atoms with van der Waals surface area (Å²) in [4.78, 5) is 0. The first-order valence-corrected chi connectivity index (χ1v) is 7.63. The number of anilines is 2. The standard InChI is InChI=1S/C19H24N2/c1-3-5-14-18(4-2)21(19-15-10-7-11-16-19)20-17-12-8-6-9-13-17/h4,6-13,15-16,18,20H,2-3,5,14H2,1H3. The van der Waals surface area contributed by atoms with Gasteiger partial charge in [-0.15, -0.1) is 6.58 Å². The lowest BCUT2D eigenvalue weighted by Crippen LogP contribution is -2.38. The van der Waals surface area contributed by atoms with Crippen LogP contribution in [0.1, 0.15) is 26.2 Å². The van der Waals surface area contributed by atoms with Crippen molar-refractivity contribution in [1.82, 2.24) is 0 Å². The number of rotatable bonds is 8. The first kappa shape index (κ1) is 15.2. The van der Waals surface area contributed by atoms with E-state index in [0.29, 0.717) is 0 Å². The van der Waals surface area contributed by atoms with Crippen LogP contribution in [0.3, 0.4) is 0 Å². The number of nitrogens with one attached hydrogen (secondary N) is 1. The maximum Gasteiger partial charge on any atom is 0.0681 e. The molecule has 0 spiro atoms. The van der Waals surface area contributed by atoms with E-state index in [-0.39, 0.29) is 6.04 Å². The topological polar surface area (TPSA) is 15.3 Å². The van der Waals surface area contributed by atoms with Gasteiger partial charge in [0.1, 0.15) is 0 Å². The fourth-order valence-electron chi connectivity index (χ4n) is 2.34. The van der Waals surface area contributed by atoms with Crippen molar-refractivity contribution in [3.05, 3.63) is 73.3 Å². The van der Waals surface area contributed by atoms with Crippen molar-refractivity contribution in [3.63, 3.8) is 0 Å². The number of hydrogen-bond donors (Lipinski definition) is 1. The van der Waals surface area contributed by atoms with Crippen LogP contribution in [0.15, 0.2) is 73.3 Å². The van der Waals surface area contributed by atoms with E-state index < -0.39 is 0 Å². The van der Waals surface area contributed by atoms with Crippen LogP contribution < -0.4 is 10.4 Å². The molecular weight excluding hydrogens is 256 g/mol. The minimum Gasteiger partial charge on any atom is -0.298 e. The molecule has 2 aromatic rings. The summed E-state index contributed by atoms with van der Waals surface area (Å²) >= 11 is 0. The van der Waals surface area contributed by atoms with E-state index in [2.05, 4.69) is 60.3 Å². The van der Waals surface area contributed by atoms with Gasteiger partial charge in [-0.1, -0.05) is 62.2 Å². The third-order valence-electron chi connectivity index (χ3n) is 3.51. The molecule has 0 bridgehead atoms. The number of nitrogens with zero attached hydrogens (tertiary/aromatic N) is 1. The minimum atomic E-state index is 0.271. The lowest BCUT2D eigenvalue weighted by atomic mass is 10.1. The van der Waals surface area contributed by atoms with Crippen molar-refractivity contribution >= 4 is 11.4 Å². The van der Waals surface area contributed by atoms with Crippen LogP contribution >= 0.6 is 0 Å². The molecule has 0 amide bonds. The molecule has 0 aliphatic rings. The Hall–Kier alpha value is -2.22. The molecule has 0 aliphatic carbocycles. The number of para-hydroxylation sites is 2. The Morgan fingerprint density at radius 2 is 1.67 bits per heavy atom. The third kappa shape index (κ3) is 4.38. The van der Waals surface area contributed by atoms with E-state index in [1.807, 2.05) is 30.3 Å². The zero-order chi connectivity index (χ0) is 14.9. The molecule has 110 valence electrons. The quantitative estimate of drug-likeness (QED) is 0.524. The highest BCUT2D eigenvalue weighted by Crippen LogP contribution is 2.22. The van der Waals surface area contributed by atoms with E-state index in [4.69, 9.17) is 0 Å². The first-order chi connectivity index (χ1) is 10.3. The molecule has 0 radical (unpaired) electrons. The van der Waals surface area contributed by atoms with E-state index in [0.717, 1.165) is 17.8 Å². The van der Waals surface area contributed by atoms with Crippen LogP contribution in [0.2, 0.25) is 0 Å². The maximum atomic E-state index is 4.02. The molecule has 21 heavy (non-hydrogen) atoms. The number of hydrogen-bond acceptors (Lipinski definition) is 2. The van der Waals surface area contributed by atoms with Crippen molar-refractivity contribution in [3.8, 4) is 0 Å². The number of benzene rings is 2. The SMILES string of the molecule is C=CC(CCCC)N(Nc1ccccc1)c1ccccc1. The zero-order valence-electron chi connectivity index (χ0n) is 12.7. The number of hydrazine groups is 1. The second-order valence-electron chi connectivity index (χ2n) is 5.13. The van der Waals surface area contributed by atoms with E-state index in [1.54, 1.807) is 0 Å². The predicted molar refractivity (Wildman–Crippen MR) is 92.5 cm³/mol. The van der Waals surface area contributed by atoms with Gasteiger partial charge in [0.25, 0.3) is 0 Å². The Morgan fingerprint density at radius 3 is 2.24 bits per heavy atom. The van der Waals surface area contributed by atoms with Crippen molar-refractivity contribution in [2.75, 3.05) is 10.4 Å². The van der Waals surface area contributed by atoms with Gasteiger partial charge in [0, 0.05) is 0 Å². The van der Waals surface area contributed by atoms with Gasteiger partial charge in [-0.2, -0.15) is 0 Å². The molecule has 2 heteroatoms. The Bertz CT molecular complexity index is 522. The second-order valence-corrected chi connectivity index (χ2v) is 5.13. The van der Waals surface area contributed by atoms with Crippen molar-refractivity contribution in [2.24, 2.45) is 0 Å². The van der Waals surface area contributed by atoms with Gasteiger partial charge in [-0.3, -0.25) is 10.4 Å². The molecule has 0 saturated carbocycles. The third-order valence-corrected chi connectivity index (χ3v) is 3.51. The van der Waals surface area contributed by atoms with E-state index in [9.17, 15) is 0 Å². The Balaban J connectivity index is 2.23. The van der Waals surface area contributed by atoms with Gasteiger partial charge >= 0.3 is 0 Å². The molecule has 0 fully saturated rings. The Kier molecular flexibility index (Phi) is 5.89. The van der Waals surface area contributed by atoms with Gasteiger partial charge in [0.05, 0.1) is 17.4 Å². The summed E-state index contributed by atoms with van der Waals surface area (Å²) in [5.74, 6) is 0. The summed E-state index contributed by atoms with van der Waals surface area (Å²) in [6.45, 7) is 6.24.